The third-order valence-corrected chi connectivity index (χ3v) is 7.76. The first-order valence-corrected chi connectivity index (χ1v) is 14.1. The molecule has 1 aliphatic rings. The number of aromatic nitrogens is 3. The van der Waals surface area contributed by atoms with Gasteiger partial charge in [-0.2, -0.15) is 0 Å². The van der Waals surface area contributed by atoms with Crippen LogP contribution in [0.25, 0.3) is 5.69 Å². The molecule has 0 spiro atoms. The second-order valence-corrected chi connectivity index (χ2v) is 10.6. The molecular formula is C31H33ClN6O3. The van der Waals surface area contributed by atoms with Crippen LogP contribution in [0.15, 0.2) is 73.1 Å². The van der Waals surface area contributed by atoms with Gasteiger partial charge in [0.05, 0.1) is 21.8 Å². The highest BCUT2D eigenvalue weighted by atomic mass is 35.5. The number of nitrogens with one attached hydrogen (secondary N) is 2. The molecule has 2 amide bonds. The minimum absolute atomic E-state index is 0.117. The first kappa shape index (κ1) is 28.2. The Morgan fingerprint density at radius 2 is 1.71 bits per heavy atom. The second-order valence-electron chi connectivity index (χ2n) is 10.2. The number of pyridine rings is 1. The average molecular weight is 573 g/mol. The zero-order valence-corrected chi connectivity index (χ0v) is 23.9. The molecule has 0 saturated carbocycles. The number of amides is 2. The maximum Gasteiger partial charge on any atom is 0.414 e. The standard InChI is InChI=1S/C31H33ClN6O3/c1-21-7-3-6-10-27(21)38-28(35-29(39)25-8-4-5-9-26(25)32)22(2)30(36-38)41-31(40)34-18-11-23-14-19-37(20-15-23)24-12-16-33-17-13-24/h3-10,12-13,16-17,23H,11,14-15,18-20H2,1-2H3,(H,34,40)(H,35,39). The van der Waals surface area contributed by atoms with Gasteiger partial charge in [-0.05, 0) is 74.9 Å². The number of carbonyl (C=O) groups excluding carboxylic acids is 2. The molecule has 0 radical (unpaired) electrons. The molecule has 1 fully saturated rings. The highest BCUT2D eigenvalue weighted by Crippen LogP contribution is 2.31. The summed E-state index contributed by atoms with van der Waals surface area (Å²) in [6.07, 6.45) is 6.05. The van der Waals surface area contributed by atoms with Gasteiger partial charge in [-0.3, -0.25) is 9.78 Å². The molecule has 0 aliphatic carbocycles. The van der Waals surface area contributed by atoms with Gasteiger partial charge in [-0.15, -0.1) is 5.10 Å². The lowest BCUT2D eigenvalue weighted by molar-refractivity contribution is 0.102. The first-order valence-electron chi connectivity index (χ1n) is 13.7. The Morgan fingerprint density at radius 3 is 2.44 bits per heavy atom. The Kier molecular flexibility index (Phi) is 8.84. The fraction of sp³-hybridized carbons (Fsp3) is 0.290. The van der Waals surface area contributed by atoms with Gasteiger partial charge in [0.1, 0.15) is 5.82 Å². The van der Waals surface area contributed by atoms with Crippen LogP contribution in [0.1, 0.15) is 40.7 Å². The molecule has 9 nitrogen and oxygen atoms in total. The van der Waals surface area contributed by atoms with Crippen LogP contribution < -0.4 is 20.3 Å². The lowest BCUT2D eigenvalue weighted by atomic mass is 9.93. The van der Waals surface area contributed by atoms with E-state index in [0.717, 1.165) is 43.6 Å². The summed E-state index contributed by atoms with van der Waals surface area (Å²) in [4.78, 5) is 32.3. The van der Waals surface area contributed by atoms with E-state index < -0.39 is 6.09 Å². The molecule has 3 heterocycles. The maximum atomic E-state index is 13.1. The van der Waals surface area contributed by atoms with Crippen molar-refractivity contribution in [1.29, 1.82) is 0 Å². The Bertz CT molecular complexity index is 1520. The molecule has 5 rings (SSSR count). The largest absolute Gasteiger partial charge is 0.414 e. The number of nitrogens with zero attached hydrogens (tertiary/aromatic N) is 4. The van der Waals surface area contributed by atoms with Gasteiger partial charge in [-0.25, -0.2) is 9.48 Å². The van der Waals surface area contributed by atoms with Crippen LogP contribution >= 0.6 is 11.6 Å². The lowest BCUT2D eigenvalue weighted by Crippen LogP contribution is -2.35. The number of benzene rings is 2. The molecule has 1 aliphatic heterocycles. The van der Waals surface area contributed by atoms with Crippen molar-refractivity contribution in [3.63, 3.8) is 0 Å². The molecular weight excluding hydrogens is 540 g/mol. The summed E-state index contributed by atoms with van der Waals surface area (Å²) < 4.78 is 7.21. The highest BCUT2D eigenvalue weighted by Gasteiger charge is 2.24. The van der Waals surface area contributed by atoms with Crippen molar-refractivity contribution in [2.24, 2.45) is 5.92 Å². The molecule has 10 heteroatoms. The number of ether oxygens (including phenoxy) is 1. The van der Waals surface area contributed by atoms with Crippen molar-refractivity contribution in [1.82, 2.24) is 20.1 Å². The topological polar surface area (TPSA) is 101 Å². The zero-order valence-electron chi connectivity index (χ0n) is 23.1. The van der Waals surface area contributed by atoms with Crippen molar-refractivity contribution in [3.8, 4) is 11.6 Å². The number of hydrogen-bond donors (Lipinski definition) is 2. The van der Waals surface area contributed by atoms with E-state index in [1.54, 1.807) is 35.9 Å². The summed E-state index contributed by atoms with van der Waals surface area (Å²) in [5.41, 5.74) is 3.74. The Labute approximate surface area is 244 Å². The van der Waals surface area contributed by atoms with E-state index in [0.29, 0.717) is 34.4 Å². The summed E-state index contributed by atoms with van der Waals surface area (Å²) in [5, 5.41) is 10.7. The minimum atomic E-state index is -0.583. The van der Waals surface area contributed by atoms with Crippen LogP contribution in [0.5, 0.6) is 5.88 Å². The molecule has 0 unspecified atom stereocenters. The Balaban J connectivity index is 1.23. The van der Waals surface area contributed by atoms with Crippen LogP contribution in [0.4, 0.5) is 16.3 Å². The van der Waals surface area contributed by atoms with Crippen LogP contribution in [0.3, 0.4) is 0 Å². The van der Waals surface area contributed by atoms with Gasteiger partial charge in [0, 0.05) is 37.7 Å². The van der Waals surface area contributed by atoms with Crippen molar-refractivity contribution in [2.75, 3.05) is 29.9 Å². The van der Waals surface area contributed by atoms with Gasteiger partial charge in [0.2, 0.25) is 5.88 Å². The summed E-state index contributed by atoms with van der Waals surface area (Å²) in [7, 11) is 0. The van der Waals surface area contributed by atoms with E-state index in [9.17, 15) is 9.59 Å². The Hall–Kier alpha value is -4.37. The fourth-order valence-corrected chi connectivity index (χ4v) is 5.27. The SMILES string of the molecule is Cc1ccccc1-n1nc(OC(=O)NCCC2CCN(c3ccncc3)CC2)c(C)c1NC(=O)c1ccccc1Cl. The normalized spacial score (nSPS) is 13.6. The van der Waals surface area contributed by atoms with Gasteiger partial charge in [0.15, 0.2) is 0 Å². The van der Waals surface area contributed by atoms with Crippen molar-refractivity contribution < 1.29 is 14.3 Å². The van der Waals surface area contributed by atoms with Crippen LogP contribution in [0, 0.1) is 19.8 Å². The predicted octanol–water partition coefficient (Wildman–Crippen LogP) is 6.18. The summed E-state index contributed by atoms with van der Waals surface area (Å²) in [5.74, 6) is 0.653. The summed E-state index contributed by atoms with van der Waals surface area (Å²) in [6.45, 7) is 6.17. The predicted molar refractivity (Wildman–Crippen MR) is 160 cm³/mol. The molecule has 2 aromatic carbocycles. The molecule has 2 N–H and O–H groups in total. The first-order chi connectivity index (χ1) is 19.9. The number of hydrogen-bond acceptors (Lipinski definition) is 6. The number of rotatable bonds is 8. The van der Waals surface area contributed by atoms with Crippen molar-refractivity contribution in [3.05, 3.63) is 94.8 Å². The van der Waals surface area contributed by atoms with E-state index in [1.165, 1.54) is 5.69 Å². The summed E-state index contributed by atoms with van der Waals surface area (Å²) >= 11 is 6.26. The molecule has 1 saturated heterocycles. The molecule has 0 bridgehead atoms. The molecule has 4 aromatic rings. The molecule has 2 aromatic heterocycles. The van der Waals surface area contributed by atoms with E-state index in [1.807, 2.05) is 55.7 Å². The van der Waals surface area contributed by atoms with E-state index in [4.69, 9.17) is 16.3 Å². The van der Waals surface area contributed by atoms with Crippen molar-refractivity contribution in [2.45, 2.75) is 33.1 Å². The number of anilines is 2. The quantitative estimate of drug-likeness (QED) is 0.261. The fourth-order valence-electron chi connectivity index (χ4n) is 5.05. The molecule has 41 heavy (non-hydrogen) atoms. The van der Waals surface area contributed by atoms with Gasteiger partial charge < -0.3 is 20.3 Å². The van der Waals surface area contributed by atoms with E-state index in [-0.39, 0.29) is 11.8 Å². The van der Waals surface area contributed by atoms with E-state index >= 15 is 0 Å². The number of piperidine rings is 1. The highest BCUT2D eigenvalue weighted by molar-refractivity contribution is 6.34. The van der Waals surface area contributed by atoms with Gasteiger partial charge in [-0.1, -0.05) is 41.9 Å². The number of carbonyl (C=O) groups is 2. The van der Waals surface area contributed by atoms with Gasteiger partial charge >= 0.3 is 6.09 Å². The Morgan fingerprint density at radius 1 is 1.00 bits per heavy atom. The average Bonchev–Trinajstić information content (AvgIpc) is 3.28. The van der Waals surface area contributed by atoms with Crippen LogP contribution in [0.2, 0.25) is 5.02 Å². The third-order valence-electron chi connectivity index (χ3n) is 7.43. The molecule has 0 atom stereocenters. The van der Waals surface area contributed by atoms with E-state index in [2.05, 4.69) is 25.6 Å². The lowest BCUT2D eigenvalue weighted by Gasteiger charge is -2.33. The number of para-hydroxylation sites is 1. The number of halogens is 1. The minimum Gasteiger partial charge on any atom is -0.389 e. The smallest absolute Gasteiger partial charge is 0.389 e. The second kappa shape index (κ2) is 12.9. The number of aryl methyl sites for hydroxylation is 1. The maximum absolute atomic E-state index is 13.1. The van der Waals surface area contributed by atoms with Crippen molar-refractivity contribution >= 4 is 35.1 Å². The monoisotopic (exact) mass is 572 g/mol. The van der Waals surface area contributed by atoms with Gasteiger partial charge in [0.25, 0.3) is 5.91 Å². The molecule has 212 valence electrons. The van der Waals surface area contributed by atoms with Crippen LogP contribution in [-0.4, -0.2) is 46.4 Å². The third kappa shape index (κ3) is 6.69. The van der Waals surface area contributed by atoms with Crippen LogP contribution in [-0.2, 0) is 0 Å². The summed E-state index contributed by atoms with van der Waals surface area (Å²) in [6, 6.07) is 18.5. The zero-order chi connectivity index (χ0) is 28.8.